The lowest BCUT2D eigenvalue weighted by molar-refractivity contribution is 0.0104. The minimum atomic E-state index is 0.0460. The van der Waals surface area contributed by atoms with Crippen molar-refractivity contribution >= 4 is 5.91 Å². The first-order valence-electron chi connectivity index (χ1n) is 7.56. The smallest absolute Gasteiger partial charge is 0.253 e. The van der Waals surface area contributed by atoms with Gasteiger partial charge in [0.2, 0.25) is 0 Å². The second-order valence-corrected chi connectivity index (χ2v) is 6.71. The van der Waals surface area contributed by atoms with Crippen LogP contribution in [0.3, 0.4) is 0 Å². The van der Waals surface area contributed by atoms with Gasteiger partial charge in [-0.15, -0.1) is 0 Å². The Hall–Kier alpha value is -1.39. The molecule has 1 aliphatic rings. The number of hydrogen-bond acceptors (Lipinski definition) is 3. The standard InChI is InChI=1S/C17H26N2O2/c1-17(2,3)14-7-5-13(6-8-14)16(20)19(4)12-15-11-18-9-10-21-15/h5-8,15,18H,9-12H2,1-4H3. The fraction of sp³-hybridized carbons (Fsp3) is 0.588. The van der Waals surface area contributed by atoms with E-state index in [0.29, 0.717) is 13.2 Å². The molecule has 1 amide bonds. The van der Waals surface area contributed by atoms with Crippen LogP contribution in [0.5, 0.6) is 0 Å². The molecule has 1 N–H and O–H groups in total. The highest BCUT2D eigenvalue weighted by molar-refractivity contribution is 5.94. The molecule has 1 heterocycles. The lowest BCUT2D eigenvalue weighted by atomic mass is 9.86. The van der Waals surface area contributed by atoms with E-state index in [1.165, 1.54) is 5.56 Å². The Morgan fingerprint density at radius 2 is 2.00 bits per heavy atom. The van der Waals surface area contributed by atoms with E-state index >= 15 is 0 Å². The summed E-state index contributed by atoms with van der Waals surface area (Å²) >= 11 is 0. The molecule has 0 radical (unpaired) electrons. The molecule has 21 heavy (non-hydrogen) atoms. The number of likely N-dealkylation sites (N-methyl/N-ethyl adjacent to an activating group) is 1. The van der Waals surface area contributed by atoms with Gasteiger partial charge in [-0.25, -0.2) is 0 Å². The van der Waals surface area contributed by atoms with Crippen LogP contribution in [0.4, 0.5) is 0 Å². The van der Waals surface area contributed by atoms with Gasteiger partial charge in [0.15, 0.2) is 0 Å². The molecule has 1 aromatic carbocycles. The van der Waals surface area contributed by atoms with Gasteiger partial charge in [-0.3, -0.25) is 4.79 Å². The monoisotopic (exact) mass is 290 g/mol. The van der Waals surface area contributed by atoms with Gasteiger partial charge < -0.3 is 15.0 Å². The Morgan fingerprint density at radius 1 is 1.33 bits per heavy atom. The number of morpholine rings is 1. The predicted molar refractivity (Wildman–Crippen MR) is 84.7 cm³/mol. The minimum absolute atomic E-state index is 0.0460. The van der Waals surface area contributed by atoms with Crippen LogP contribution in [-0.2, 0) is 10.2 Å². The highest BCUT2D eigenvalue weighted by atomic mass is 16.5. The first kappa shape index (κ1) is 16.0. The largest absolute Gasteiger partial charge is 0.374 e. The summed E-state index contributed by atoms with van der Waals surface area (Å²) in [6, 6.07) is 7.91. The maximum absolute atomic E-state index is 12.4. The molecule has 0 aliphatic carbocycles. The summed E-state index contributed by atoms with van der Waals surface area (Å²) in [5.41, 5.74) is 2.07. The lowest BCUT2D eigenvalue weighted by Gasteiger charge is -2.28. The first-order chi connectivity index (χ1) is 9.88. The molecule has 4 heteroatoms. The highest BCUT2D eigenvalue weighted by Gasteiger charge is 2.20. The number of ether oxygens (including phenoxy) is 1. The number of benzene rings is 1. The topological polar surface area (TPSA) is 41.6 Å². The van der Waals surface area contributed by atoms with Crippen molar-refractivity contribution in [3.8, 4) is 0 Å². The average molecular weight is 290 g/mol. The Labute approximate surface area is 127 Å². The maximum atomic E-state index is 12.4. The summed E-state index contributed by atoms with van der Waals surface area (Å²) in [4.78, 5) is 14.2. The molecule has 1 saturated heterocycles. The van der Waals surface area contributed by atoms with Crippen LogP contribution in [-0.4, -0.2) is 50.2 Å². The van der Waals surface area contributed by atoms with Gasteiger partial charge in [-0.1, -0.05) is 32.9 Å². The van der Waals surface area contributed by atoms with Gasteiger partial charge in [-0.2, -0.15) is 0 Å². The van der Waals surface area contributed by atoms with Crippen molar-refractivity contribution in [2.24, 2.45) is 0 Å². The van der Waals surface area contributed by atoms with E-state index in [-0.39, 0.29) is 17.4 Å². The molecule has 1 unspecified atom stereocenters. The number of hydrogen-bond donors (Lipinski definition) is 1. The third-order valence-corrected chi connectivity index (χ3v) is 3.83. The normalized spacial score (nSPS) is 19.3. The van der Waals surface area contributed by atoms with Crippen molar-refractivity contribution in [1.29, 1.82) is 0 Å². The molecule has 0 aromatic heterocycles. The van der Waals surface area contributed by atoms with Gasteiger partial charge in [0.1, 0.15) is 0 Å². The fourth-order valence-corrected chi connectivity index (χ4v) is 2.46. The SMILES string of the molecule is CN(CC1CNCCO1)C(=O)c1ccc(C(C)(C)C)cc1. The fourth-order valence-electron chi connectivity index (χ4n) is 2.46. The molecule has 4 nitrogen and oxygen atoms in total. The van der Waals surface area contributed by atoms with Crippen molar-refractivity contribution in [3.63, 3.8) is 0 Å². The summed E-state index contributed by atoms with van der Waals surface area (Å²) < 4.78 is 5.64. The zero-order chi connectivity index (χ0) is 15.5. The number of carbonyl (C=O) groups is 1. The second kappa shape index (κ2) is 6.58. The van der Waals surface area contributed by atoms with Gasteiger partial charge in [-0.05, 0) is 23.1 Å². The highest BCUT2D eigenvalue weighted by Crippen LogP contribution is 2.22. The summed E-state index contributed by atoms with van der Waals surface area (Å²) in [6.45, 7) is 9.54. The van der Waals surface area contributed by atoms with Crippen LogP contribution >= 0.6 is 0 Å². The van der Waals surface area contributed by atoms with E-state index in [2.05, 4.69) is 26.1 Å². The Kier molecular flexibility index (Phi) is 5.01. The van der Waals surface area contributed by atoms with E-state index in [1.807, 2.05) is 31.3 Å². The molecule has 0 spiro atoms. The molecule has 0 bridgehead atoms. The molecule has 0 saturated carbocycles. The third-order valence-electron chi connectivity index (χ3n) is 3.83. The first-order valence-corrected chi connectivity index (χ1v) is 7.56. The second-order valence-electron chi connectivity index (χ2n) is 6.71. The van der Waals surface area contributed by atoms with Crippen LogP contribution in [0.25, 0.3) is 0 Å². The van der Waals surface area contributed by atoms with Crippen LogP contribution in [0.15, 0.2) is 24.3 Å². The van der Waals surface area contributed by atoms with E-state index in [0.717, 1.165) is 18.7 Å². The summed E-state index contributed by atoms with van der Waals surface area (Å²) in [5.74, 6) is 0.0460. The van der Waals surface area contributed by atoms with Gasteiger partial charge in [0, 0.05) is 32.2 Å². The number of carbonyl (C=O) groups excluding carboxylic acids is 1. The molecular formula is C17H26N2O2. The Bertz CT molecular complexity index is 471. The molecule has 116 valence electrons. The molecule has 1 aliphatic heterocycles. The molecule has 1 atom stereocenters. The van der Waals surface area contributed by atoms with Crippen molar-refractivity contribution in [3.05, 3.63) is 35.4 Å². The van der Waals surface area contributed by atoms with Crippen LogP contribution in [0.2, 0.25) is 0 Å². The third kappa shape index (κ3) is 4.29. The number of nitrogens with one attached hydrogen (secondary N) is 1. The Balaban J connectivity index is 1.98. The minimum Gasteiger partial charge on any atom is -0.374 e. The van der Waals surface area contributed by atoms with Crippen LogP contribution < -0.4 is 5.32 Å². The number of amides is 1. The van der Waals surface area contributed by atoms with Crippen LogP contribution in [0, 0.1) is 0 Å². The summed E-state index contributed by atoms with van der Waals surface area (Å²) in [7, 11) is 1.83. The van der Waals surface area contributed by atoms with Crippen molar-refractivity contribution in [2.45, 2.75) is 32.3 Å². The van der Waals surface area contributed by atoms with Gasteiger partial charge in [0.05, 0.1) is 12.7 Å². The molecule has 1 aromatic rings. The van der Waals surface area contributed by atoms with Gasteiger partial charge in [0.25, 0.3) is 5.91 Å². The van der Waals surface area contributed by atoms with Gasteiger partial charge >= 0.3 is 0 Å². The predicted octanol–water partition coefficient (Wildman–Crippen LogP) is 2.04. The molecular weight excluding hydrogens is 264 g/mol. The van der Waals surface area contributed by atoms with Crippen LogP contribution in [0.1, 0.15) is 36.7 Å². The zero-order valence-electron chi connectivity index (χ0n) is 13.5. The van der Waals surface area contributed by atoms with Crippen molar-refractivity contribution in [2.75, 3.05) is 33.3 Å². The van der Waals surface area contributed by atoms with E-state index in [9.17, 15) is 4.79 Å². The van der Waals surface area contributed by atoms with E-state index in [4.69, 9.17) is 4.74 Å². The lowest BCUT2D eigenvalue weighted by Crippen LogP contribution is -2.45. The molecule has 2 rings (SSSR count). The Morgan fingerprint density at radius 3 is 2.52 bits per heavy atom. The van der Waals surface area contributed by atoms with E-state index in [1.54, 1.807) is 4.90 Å². The quantitative estimate of drug-likeness (QED) is 0.926. The number of rotatable bonds is 3. The average Bonchev–Trinajstić information content (AvgIpc) is 2.46. The zero-order valence-corrected chi connectivity index (χ0v) is 13.5. The van der Waals surface area contributed by atoms with Crippen molar-refractivity contribution in [1.82, 2.24) is 10.2 Å². The van der Waals surface area contributed by atoms with E-state index < -0.39 is 0 Å². The summed E-state index contributed by atoms with van der Waals surface area (Å²) in [5, 5.41) is 3.28. The summed E-state index contributed by atoms with van der Waals surface area (Å²) in [6.07, 6.45) is 0.0848. The van der Waals surface area contributed by atoms with Crippen molar-refractivity contribution < 1.29 is 9.53 Å². The molecule has 1 fully saturated rings. The maximum Gasteiger partial charge on any atom is 0.253 e. The number of nitrogens with zero attached hydrogens (tertiary/aromatic N) is 1.